The number of hydrogen-bond donors (Lipinski definition) is 3. The third-order valence-electron chi connectivity index (χ3n) is 8.92. The van der Waals surface area contributed by atoms with Gasteiger partial charge >= 0.3 is 6.03 Å². The molecule has 9 nitrogen and oxygen atoms in total. The van der Waals surface area contributed by atoms with Crippen LogP contribution in [0.15, 0.2) is 35.3 Å². The van der Waals surface area contributed by atoms with Crippen LogP contribution >= 0.6 is 0 Å². The number of piperidine rings is 1. The second kappa shape index (κ2) is 11.2. The number of nitrogens with zero attached hydrogens (tertiary/aromatic N) is 3. The second-order valence-corrected chi connectivity index (χ2v) is 11.3. The predicted molar refractivity (Wildman–Crippen MR) is 147 cm³/mol. The van der Waals surface area contributed by atoms with Crippen LogP contribution in [0.5, 0.6) is 0 Å². The van der Waals surface area contributed by atoms with Gasteiger partial charge in [-0.05, 0) is 49.1 Å². The summed E-state index contributed by atoms with van der Waals surface area (Å²) in [4.78, 5) is 47.6. The molecule has 1 spiro atoms. The Morgan fingerprint density at radius 2 is 1.84 bits per heavy atom. The average molecular weight is 521 g/mol. The Hall–Kier alpha value is -3.36. The molecule has 4 aliphatic rings. The minimum atomic E-state index is -0.756. The lowest BCUT2D eigenvalue weighted by molar-refractivity contribution is -0.144. The molecular weight excluding hydrogens is 480 g/mol. The van der Waals surface area contributed by atoms with Crippen LogP contribution in [0.25, 0.3) is 6.08 Å². The first-order valence-electron chi connectivity index (χ1n) is 14.1. The number of carbonyl (C=O) groups is 3. The van der Waals surface area contributed by atoms with E-state index in [9.17, 15) is 14.4 Å². The van der Waals surface area contributed by atoms with Gasteiger partial charge < -0.3 is 21.7 Å². The van der Waals surface area contributed by atoms with Gasteiger partial charge in [-0.3, -0.25) is 14.6 Å². The molecule has 5 N–H and O–H groups in total. The number of hydrogen-bond acceptors (Lipinski definition) is 4. The molecule has 1 saturated carbocycles. The molecule has 1 aromatic rings. The van der Waals surface area contributed by atoms with E-state index in [1.807, 2.05) is 4.90 Å². The minimum Gasteiger partial charge on any atom is -0.370 e. The lowest BCUT2D eigenvalue weighted by atomic mass is 9.74. The summed E-state index contributed by atoms with van der Waals surface area (Å²) in [6, 6.07) is 6.61. The van der Waals surface area contributed by atoms with Gasteiger partial charge in [0, 0.05) is 25.0 Å². The summed E-state index contributed by atoms with van der Waals surface area (Å²) in [6.45, 7) is 1.62. The highest BCUT2D eigenvalue weighted by molar-refractivity contribution is 6.07. The van der Waals surface area contributed by atoms with Crippen LogP contribution < -0.4 is 16.8 Å². The molecule has 38 heavy (non-hydrogen) atoms. The number of rotatable bonds is 8. The summed E-state index contributed by atoms with van der Waals surface area (Å²) in [5.74, 6) is -0.0493. The fourth-order valence-corrected chi connectivity index (χ4v) is 6.81. The second-order valence-electron chi connectivity index (χ2n) is 11.3. The Bertz CT molecular complexity index is 1110. The van der Waals surface area contributed by atoms with E-state index in [4.69, 9.17) is 11.5 Å². The number of nitrogens with one attached hydrogen (secondary N) is 1. The van der Waals surface area contributed by atoms with E-state index in [-0.39, 0.29) is 23.2 Å². The van der Waals surface area contributed by atoms with Gasteiger partial charge in [0.25, 0.3) is 5.91 Å². The van der Waals surface area contributed by atoms with Crippen LogP contribution in [0.4, 0.5) is 4.79 Å². The van der Waals surface area contributed by atoms with E-state index in [1.165, 1.54) is 22.4 Å². The number of carbonyl (C=O) groups excluding carboxylic acids is 3. The number of fused-ring (bicyclic) bond motifs is 2. The number of urea groups is 1. The molecule has 0 bridgehead atoms. The fraction of sp³-hybridized carbons (Fsp3) is 0.586. The van der Waals surface area contributed by atoms with E-state index >= 15 is 0 Å². The number of benzene rings is 1. The van der Waals surface area contributed by atoms with E-state index in [0.717, 1.165) is 38.5 Å². The first kappa shape index (κ1) is 26.3. The highest BCUT2D eigenvalue weighted by atomic mass is 16.2. The van der Waals surface area contributed by atoms with Gasteiger partial charge in [-0.2, -0.15) is 0 Å². The van der Waals surface area contributed by atoms with Crippen LogP contribution in [-0.2, 0) is 15.0 Å². The highest BCUT2D eigenvalue weighted by Crippen LogP contribution is 2.44. The number of allylic oxidation sites excluding steroid dienone is 1. The quantitative estimate of drug-likeness (QED) is 0.210. The Morgan fingerprint density at radius 3 is 2.58 bits per heavy atom. The lowest BCUT2D eigenvalue weighted by Crippen LogP contribution is -2.55. The van der Waals surface area contributed by atoms with Crippen LogP contribution in [0.3, 0.4) is 0 Å². The molecule has 4 amide bonds. The van der Waals surface area contributed by atoms with Gasteiger partial charge in [-0.15, -0.1) is 0 Å². The number of amides is 4. The first-order valence-corrected chi connectivity index (χ1v) is 14.1. The number of imide groups is 1. The molecule has 3 fully saturated rings. The van der Waals surface area contributed by atoms with Gasteiger partial charge in [0.05, 0.1) is 0 Å². The monoisotopic (exact) mass is 520 g/mol. The number of likely N-dealkylation sites (tertiary alicyclic amines) is 1. The Balaban J connectivity index is 1.29. The van der Waals surface area contributed by atoms with Crippen LogP contribution in [0.2, 0.25) is 0 Å². The Kier molecular flexibility index (Phi) is 7.72. The summed E-state index contributed by atoms with van der Waals surface area (Å²) in [5.41, 5.74) is 13.3. The van der Waals surface area contributed by atoms with Crippen LogP contribution in [-0.4, -0.2) is 65.3 Å². The molecule has 9 heteroatoms. The maximum Gasteiger partial charge on any atom is 0.325 e. The molecule has 5 rings (SSSR count). The third kappa shape index (κ3) is 5.28. The van der Waals surface area contributed by atoms with E-state index in [1.54, 1.807) is 0 Å². The van der Waals surface area contributed by atoms with Crippen molar-refractivity contribution in [2.24, 2.45) is 22.4 Å². The van der Waals surface area contributed by atoms with Crippen LogP contribution in [0, 0.1) is 5.92 Å². The molecule has 0 aromatic heterocycles. The third-order valence-corrected chi connectivity index (χ3v) is 8.92. The number of aliphatic imine (C=N–C) groups is 1. The van der Waals surface area contributed by atoms with Gasteiger partial charge in [0.2, 0.25) is 5.91 Å². The minimum absolute atomic E-state index is 0.00597. The van der Waals surface area contributed by atoms with Crippen molar-refractivity contribution in [2.75, 3.05) is 19.6 Å². The van der Waals surface area contributed by atoms with Crippen molar-refractivity contribution in [3.8, 4) is 0 Å². The molecule has 2 aliphatic carbocycles. The van der Waals surface area contributed by atoms with Crippen LogP contribution in [0.1, 0.15) is 75.3 Å². The topological polar surface area (TPSA) is 134 Å². The summed E-state index contributed by atoms with van der Waals surface area (Å²) < 4.78 is 0. The van der Waals surface area contributed by atoms with Gasteiger partial charge in [0.15, 0.2) is 5.96 Å². The predicted octanol–water partition coefficient (Wildman–Crippen LogP) is 2.89. The fourth-order valence-electron chi connectivity index (χ4n) is 6.81. The lowest BCUT2D eigenvalue weighted by Gasteiger charge is -2.41. The summed E-state index contributed by atoms with van der Waals surface area (Å²) in [7, 11) is 0. The zero-order valence-corrected chi connectivity index (χ0v) is 22.1. The van der Waals surface area contributed by atoms with Crippen molar-refractivity contribution in [1.29, 1.82) is 0 Å². The SMILES string of the molecule is NC(N)=NCCC[C@H]1NC(=O)N([C@@H](CC2CCCCC2)C(=O)N2CCC3(C=Cc4ccccc43)CC2)C1=O. The standard InChI is InChI=1S/C29H40N6O3/c30-27(31)32-16-6-11-23-25(36)35(28(38)33-23)24(19-20-7-2-1-3-8-20)26(37)34-17-14-29(15-18-34)13-12-21-9-4-5-10-22(21)29/h4-5,9-10,12-13,20,23-24H,1-3,6-8,11,14-19H2,(H,33,38)(H4,30,31,32)/t23-,24+/m1/s1. The number of nitrogens with two attached hydrogens (primary N) is 2. The Morgan fingerprint density at radius 1 is 1.11 bits per heavy atom. The first-order chi connectivity index (χ1) is 18.4. The zero-order chi connectivity index (χ0) is 26.7. The van der Waals surface area contributed by atoms with Gasteiger partial charge in [-0.25, -0.2) is 9.69 Å². The van der Waals surface area contributed by atoms with E-state index in [2.05, 4.69) is 46.7 Å². The van der Waals surface area contributed by atoms with Crippen molar-refractivity contribution in [3.05, 3.63) is 41.5 Å². The van der Waals surface area contributed by atoms with Gasteiger partial charge in [-0.1, -0.05) is 68.5 Å². The molecule has 1 aromatic carbocycles. The van der Waals surface area contributed by atoms with Crippen molar-refractivity contribution in [1.82, 2.24) is 15.1 Å². The molecule has 2 saturated heterocycles. The molecule has 2 aliphatic heterocycles. The normalized spacial score (nSPS) is 23.4. The molecule has 2 atom stereocenters. The maximum absolute atomic E-state index is 14.0. The highest BCUT2D eigenvalue weighted by Gasteiger charge is 2.47. The van der Waals surface area contributed by atoms with Crippen molar-refractivity contribution in [3.63, 3.8) is 0 Å². The molecular formula is C29H40N6O3. The average Bonchev–Trinajstić information content (AvgIpc) is 3.42. The Labute approximate surface area is 224 Å². The molecule has 0 radical (unpaired) electrons. The molecule has 2 heterocycles. The smallest absolute Gasteiger partial charge is 0.325 e. The van der Waals surface area contributed by atoms with Crippen molar-refractivity contribution >= 4 is 29.9 Å². The van der Waals surface area contributed by atoms with E-state index < -0.39 is 18.1 Å². The zero-order valence-electron chi connectivity index (χ0n) is 22.1. The molecule has 204 valence electrons. The summed E-state index contributed by atoms with van der Waals surface area (Å²) in [6.07, 6.45) is 13.3. The van der Waals surface area contributed by atoms with Gasteiger partial charge in [0.1, 0.15) is 12.1 Å². The summed E-state index contributed by atoms with van der Waals surface area (Å²) >= 11 is 0. The van der Waals surface area contributed by atoms with E-state index in [0.29, 0.717) is 44.8 Å². The van der Waals surface area contributed by atoms with Crippen molar-refractivity contribution in [2.45, 2.75) is 81.7 Å². The number of guanidine groups is 1. The summed E-state index contributed by atoms with van der Waals surface area (Å²) in [5, 5.41) is 2.81. The van der Waals surface area contributed by atoms with Crippen molar-refractivity contribution < 1.29 is 14.4 Å². The largest absolute Gasteiger partial charge is 0.370 e. The molecule has 0 unspecified atom stereocenters. The maximum atomic E-state index is 14.0.